The lowest BCUT2D eigenvalue weighted by Crippen LogP contribution is -2.27. The Morgan fingerprint density at radius 3 is 2.32 bits per heavy atom. The van der Waals surface area contributed by atoms with Gasteiger partial charge >= 0.3 is 6.18 Å². The van der Waals surface area contributed by atoms with E-state index in [2.05, 4.69) is 20.6 Å². The maximum Gasteiger partial charge on any atom is 0.453 e. The second-order valence-electron chi connectivity index (χ2n) is 6.40. The largest absolute Gasteiger partial charge is 0.453 e. The molecule has 0 saturated carbocycles. The van der Waals surface area contributed by atoms with E-state index in [1.54, 1.807) is 45.0 Å². The summed E-state index contributed by atoms with van der Waals surface area (Å²) in [4.78, 5) is 12.0. The lowest BCUT2D eigenvalue weighted by molar-refractivity contribution is -0.146. The number of hydrogen-bond acceptors (Lipinski definition) is 5. The molecule has 3 rings (SSSR count). The highest BCUT2D eigenvalue weighted by Crippen LogP contribution is 2.32. The van der Waals surface area contributed by atoms with Gasteiger partial charge in [-0.05, 0) is 24.3 Å². The van der Waals surface area contributed by atoms with Crippen molar-refractivity contribution in [2.75, 3.05) is 5.32 Å². The molecule has 1 aromatic carbocycles. The summed E-state index contributed by atoms with van der Waals surface area (Å²) < 4.78 is 39.2. The van der Waals surface area contributed by atoms with Crippen LogP contribution in [0.3, 0.4) is 0 Å². The van der Waals surface area contributed by atoms with Crippen LogP contribution in [0, 0.1) is 5.41 Å². The van der Waals surface area contributed by atoms with Crippen molar-refractivity contribution in [1.29, 1.82) is 0 Å². The molecule has 0 saturated heterocycles. The Morgan fingerprint density at radius 1 is 1.12 bits per heavy atom. The van der Waals surface area contributed by atoms with Gasteiger partial charge < -0.3 is 5.32 Å². The van der Waals surface area contributed by atoms with Crippen molar-refractivity contribution < 1.29 is 18.0 Å². The minimum Gasteiger partial charge on any atom is -0.326 e. The normalized spacial score (nSPS) is 12.6. The summed E-state index contributed by atoms with van der Waals surface area (Å²) in [6.07, 6.45) is -4.62. The first-order valence-corrected chi connectivity index (χ1v) is 8.09. The van der Waals surface area contributed by atoms with Crippen LogP contribution in [-0.4, -0.2) is 25.7 Å². The van der Waals surface area contributed by atoms with Crippen LogP contribution in [0.4, 0.5) is 18.9 Å². The SMILES string of the molecule is CC(C)(C)C(=O)Nc1ccc(-c2nn3c(C(F)(F)F)nnc3s2)cc1. The Morgan fingerprint density at radius 2 is 1.76 bits per heavy atom. The molecule has 3 aromatic rings. The van der Waals surface area contributed by atoms with Crippen molar-refractivity contribution >= 4 is 27.9 Å². The zero-order valence-corrected chi connectivity index (χ0v) is 14.4. The summed E-state index contributed by atoms with van der Waals surface area (Å²) in [7, 11) is 0. The second kappa shape index (κ2) is 5.80. The molecule has 0 aliphatic rings. The van der Waals surface area contributed by atoms with Gasteiger partial charge in [0.1, 0.15) is 5.01 Å². The molecule has 1 amide bonds. The van der Waals surface area contributed by atoms with Crippen LogP contribution >= 0.6 is 11.3 Å². The van der Waals surface area contributed by atoms with E-state index in [0.29, 0.717) is 20.8 Å². The highest BCUT2D eigenvalue weighted by Gasteiger charge is 2.38. The van der Waals surface area contributed by atoms with Gasteiger partial charge in [-0.1, -0.05) is 32.1 Å². The molecule has 0 aliphatic heterocycles. The third kappa shape index (κ3) is 3.48. The van der Waals surface area contributed by atoms with Crippen molar-refractivity contribution in [1.82, 2.24) is 19.8 Å². The molecule has 25 heavy (non-hydrogen) atoms. The molecule has 0 bridgehead atoms. The summed E-state index contributed by atoms with van der Waals surface area (Å²) in [5.41, 5.74) is 0.695. The summed E-state index contributed by atoms with van der Waals surface area (Å²) in [5, 5.41) is 13.7. The molecule has 6 nitrogen and oxygen atoms in total. The van der Waals surface area contributed by atoms with Crippen molar-refractivity contribution in [3.05, 3.63) is 30.1 Å². The van der Waals surface area contributed by atoms with E-state index in [9.17, 15) is 18.0 Å². The number of halogens is 3. The van der Waals surface area contributed by atoms with Gasteiger partial charge in [0, 0.05) is 16.7 Å². The lowest BCUT2D eigenvalue weighted by Gasteiger charge is -2.17. The van der Waals surface area contributed by atoms with E-state index in [1.165, 1.54) is 0 Å². The van der Waals surface area contributed by atoms with Crippen LogP contribution in [0.5, 0.6) is 0 Å². The average Bonchev–Trinajstić information content (AvgIpc) is 3.05. The van der Waals surface area contributed by atoms with Crippen molar-refractivity contribution in [3.63, 3.8) is 0 Å². The van der Waals surface area contributed by atoms with Gasteiger partial charge in [0.25, 0.3) is 5.82 Å². The maximum atomic E-state index is 12.8. The Bertz CT molecular complexity index is 921. The standard InChI is InChI=1S/C15H14F3N5OS/c1-14(2,3)12(24)19-9-6-4-8(5-7-9)10-22-23-11(15(16,17)18)20-21-13(23)25-10/h4-7H,1-3H3,(H,19,24). The van der Waals surface area contributed by atoms with E-state index < -0.39 is 17.4 Å². The predicted molar refractivity (Wildman–Crippen MR) is 87.2 cm³/mol. The van der Waals surface area contributed by atoms with E-state index in [4.69, 9.17) is 0 Å². The maximum absolute atomic E-state index is 12.8. The summed E-state index contributed by atoms with van der Waals surface area (Å²) >= 11 is 1.00. The minimum atomic E-state index is -4.62. The summed E-state index contributed by atoms with van der Waals surface area (Å²) in [5.74, 6) is -1.28. The Balaban J connectivity index is 1.87. The molecular formula is C15H14F3N5OS. The van der Waals surface area contributed by atoms with E-state index in [-0.39, 0.29) is 10.9 Å². The number of hydrogen-bond donors (Lipinski definition) is 1. The fraction of sp³-hybridized carbons (Fsp3) is 0.333. The Kier molecular flexibility index (Phi) is 4.02. The topological polar surface area (TPSA) is 72.2 Å². The number of alkyl halides is 3. The van der Waals surface area contributed by atoms with Crippen molar-refractivity contribution in [2.24, 2.45) is 5.41 Å². The number of carbonyl (C=O) groups excluding carboxylic acids is 1. The van der Waals surface area contributed by atoms with Crippen LogP contribution in [0.2, 0.25) is 0 Å². The number of amides is 1. The number of benzene rings is 1. The van der Waals surface area contributed by atoms with E-state index >= 15 is 0 Å². The monoisotopic (exact) mass is 369 g/mol. The number of fused-ring (bicyclic) bond motifs is 1. The zero-order valence-electron chi connectivity index (χ0n) is 13.5. The lowest BCUT2D eigenvalue weighted by atomic mass is 9.95. The number of nitrogens with zero attached hydrogens (tertiary/aromatic N) is 4. The Labute approximate surface area is 144 Å². The Hall–Kier alpha value is -2.49. The number of anilines is 1. The molecule has 0 atom stereocenters. The quantitative estimate of drug-likeness (QED) is 0.745. The first kappa shape index (κ1) is 17.3. The van der Waals surface area contributed by atoms with Gasteiger partial charge in [-0.15, -0.1) is 10.2 Å². The molecule has 0 spiro atoms. The van der Waals surface area contributed by atoms with Crippen LogP contribution in [0.1, 0.15) is 26.6 Å². The molecule has 1 N–H and O–H groups in total. The number of nitrogens with one attached hydrogen (secondary N) is 1. The van der Waals surface area contributed by atoms with Crippen LogP contribution in [-0.2, 0) is 11.0 Å². The van der Waals surface area contributed by atoms with Gasteiger partial charge in [0.05, 0.1) is 0 Å². The number of aromatic nitrogens is 4. The molecule has 2 aromatic heterocycles. The second-order valence-corrected chi connectivity index (χ2v) is 7.36. The highest BCUT2D eigenvalue weighted by molar-refractivity contribution is 7.19. The van der Waals surface area contributed by atoms with Gasteiger partial charge in [0.2, 0.25) is 10.9 Å². The predicted octanol–water partition coefficient (Wildman–Crippen LogP) is 3.86. The molecule has 0 unspecified atom stereocenters. The molecule has 10 heteroatoms. The van der Waals surface area contributed by atoms with Gasteiger partial charge in [-0.2, -0.15) is 22.8 Å². The number of rotatable bonds is 2. The molecule has 0 radical (unpaired) electrons. The third-order valence-corrected chi connectivity index (χ3v) is 4.26. The molecular weight excluding hydrogens is 355 g/mol. The first-order chi connectivity index (χ1) is 11.6. The first-order valence-electron chi connectivity index (χ1n) is 7.27. The third-order valence-electron chi connectivity index (χ3n) is 3.32. The molecule has 2 heterocycles. The fourth-order valence-corrected chi connectivity index (χ4v) is 2.77. The van der Waals surface area contributed by atoms with Crippen molar-refractivity contribution in [2.45, 2.75) is 26.9 Å². The van der Waals surface area contributed by atoms with E-state index in [0.717, 1.165) is 11.3 Å². The highest BCUT2D eigenvalue weighted by atomic mass is 32.1. The molecule has 0 fully saturated rings. The van der Waals surface area contributed by atoms with Gasteiger partial charge in [-0.3, -0.25) is 4.79 Å². The van der Waals surface area contributed by atoms with Crippen LogP contribution < -0.4 is 5.32 Å². The van der Waals surface area contributed by atoms with Crippen molar-refractivity contribution in [3.8, 4) is 10.6 Å². The molecule has 132 valence electrons. The minimum absolute atomic E-state index is 0.0624. The zero-order chi connectivity index (χ0) is 18.4. The average molecular weight is 369 g/mol. The molecule has 0 aliphatic carbocycles. The number of carbonyl (C=O) groups is 1. The smallest absolute Gasteiger partial charge is 0.326 e. The van der Waals surface area contributed by atoms with Crippen LogP contribution in [0.15, 0.2) is 24.3 Å². The summed E-state index contributed by atoms with van der Waals surface area (Å²) in [6, 6.07) is 6.70. The van der Waals surface area contributed by atoms with Crippen LogP contribution in [0.25, 0.3) is 15.5 Å². The van der Waals surface area contributed by atoms with E-state index in [1.807, 2.05) is 0 Å². The fourth-order valence-electron chi connectivity index (χ4n) is 1.93. The summed E-state index contributed by atoms with van der Waals surface area (Å²) in [6.45, 7) is 5.40. The van der Waals surface area contributed by atoms with Gasteiger partial charge in [0.15, 0.2) is 0 Å². The van der Waals surface area contributed by atoms with Gasteiger partial charge in [-0.25, -0.2) is 0 Å².